The van der Waals surface area contributed by atoms with E-state index in [0.29, 0.717) is 18.4 Å². The zero-order chi connectivity index (χ0) is 27.1. The number of esters is 1. The predicted octanol–water partition coefficient (Wildman–Crippen LogP) is 2.92. The monoisotopic (exact) mass is 507 g/mol. The molecule has 4 rings (SSSR count). The summed E-state index contributed by atoms with van der Waals surface area (Å²) in [7, 11) is 0. The minimum Gasteiger partial charge on any atom is -0.457 e. The van der Waals surface area contributed by atoms with Crippen LogP contribution >= 0.6 is 0 Å². The van der Waals surface area contributed by atoms with E-state index in [9.17, 15) is 24.6 Å². The van der Waals surface area contributed by atoms with Crippen LogP contribution in [0.5, 0.6) is 0 Å². The smallest absolute Gasteiger partial charge is 0.303 e. The van der Waals surface area contributed by atoms with Gasteiger partial charge in [0, 0.05) is 30.7 Å². The standard InChI is InChI=1S/C30H37NO6/c1-17-10-9-13-22-26(33)19(3)18(2)25-23(16-21-11-7-6-8-12-21)31-28(35)30(22,25)24(37-20(4)32)14-15-29(5,36)27(17)34/h6-9,11-15,17-18,22-26,33,36H,3,10,16H2,1-2,4-5H3,(H,31,35)/b13-9+,15-14+/t17-,18?,22-,23-,24+,25?,26+,29+,30+/m0/s1. The van der Waals surface area contributed by atoms with Crippen LogP contribution in [0.3, 0.4) is 0 Å². The largest absolute Gasteiger partial charge is 0.457 e. The summed E-state index contributed by atoms with van der Waals surface area (Å²) in [5, 5.41) is 25.7. The SMILES string of the molecule is C=C1C(C)C2[C@H](Cc3ccccc3)NC(=O)[C@]23[C@H](OC(C)=O)/C=C/[C@@](C)(O)C(=O)[C@@H](C)C/C=C/[C@H]3[C@@H]1O. The van der Waals surface area contributed by atoms with E-state index in [1.54, 1.807) is 19.1 Å². The summed E-state index contributed by atoms with van der Waals surface area (Å²) in [6.07, 6.45) is 5.01. The second-order valence-electron chi connectivity index (χ2n) is 11.0. The van der Waals surface area contributed by atoms with E-state index in [1.165, 1.54) is 26.0 Å². The second kappa shape index (κ2) is 10.0. The molecule has 37 heavy (non-hydrogen) atoms. The highest BCUT2D eigenvalue weighted by Crippen LogP contribution is 2.58. The van der Waals surface area contributed by atoms with Crippen LogP contribution < -0.4 is 5.32 Å². The zero-order valence-corrected chi connectivity index (χ0v) is 21.9. The zero-order valence-electron chi connectivity index (χ0n) is 21.9. The fraction of sp³-hybridized carbons (Fsp3) is 0.500. The molecule has 1 aromatic carbocycles. The maximum absolute atomic E-state index is 14.2. The van der Waals surface area contributed by atoms with Gasteiger partial charge in [0.1, 0.15) is 17.1 Å². The van der Waals surface area contributed by atoms with Gasteiger partial charge in [0.25, 0.3) is 0 Å². The molecule has 9 atom stereocenters. The number of hydrogen-bond donors (Lipinski definition) is 3. The summed E-state index contributed by atoms with van der Waals surface area (Å²) >= 11 is 0. The van der Waals surface area contributed by atoms with Crippen molar-refractivity contribution in [3.63, 3.8) is 0 Å². The Hall–Kier alpha value is -3.03. The van der Waals surface area contributed by atoms with Gasteiger partial charge in [-0.1, -0.05) is 62.9 Å². The van der Waals surface area contributed by atoms with E-state index in [4.69, 9.17) is 4.74 Å². The van der Waals surface area contributed by atoms with Gasteiger partial charge in [-0.3, -0.25) is 14.4 Å². The van der Waals surface area contributed by atoms with Crippen LogP contribution in [0.15, 0.2) is 66.8 Å². The number of allylic oxidation sites excluding steroid dienone is 1. The van der Waals surface area contributed by atoms with Crippen molar-refractivity contribution in [3.8, 4) is 0 Å². The highest BCUT2D eigenvalue weighted by Gasteiger charge is 2.68. The van der Waals surface area contributed by atoms with Crippen LogP contribution in [0.2, 0.25) is 0 Å². The lowest BCUT2D eigenvalue weighted by Crippen LogP contribution is -2.60. The van der Waals surface area contributed by atoms with Gasteiger partial charge in [-0.15, -0.1) is 0 Å². The maximum atomic E-state index is 14.2. The summed E-state index contributed by atoms with van der Waals surface area (Å²) in [6, 6.07) is 9.49. The molecule has 1 aromatic rings. The Kier molecular flexibility index (Phi) is 7.32. The first-order valence-corrected chi connectivity index (χ1v) is 12.9. The van der Waals surface area contributed by atoms with Crippen molar-refractivity contribution < 1.29 is 29.3 Å². The Morgan fingerprint density at radius 2 is 1.86 bits per heavy atom. The van der Waals surface area contributed by atoms with E-state index in [2.05, 4.69) is 11.9 Å². The predicted molar refractivity (Wildman–Crippen MR) is 139 cm³/mol. The maximum Gasteiger partial charge on any atom is 0.303 e. The van der Waals surface area contributed by atoms with E-state index in [-0.39, 0.29) is 23.7 Å². The topological polar surface area (TPSA) is 113 Å². The summed E-state index contributed by atoms with van der Waals surface area (Å²) < 4.78 is 5.81. The lowest BCUT2D eigenvalue weighted by Gasteiger charge is -2.52. The third-order valence-electron chi connectivity index (χ3n) is 8.53. The van der Waals surface area contributed by atoms with Crippen molar-refractivity contribution in [2.45, 2.75) is 64.4 Å². The molecule has 1 heterocycles. The molecule has 1 saturated heterocycles. The molecule has 0 aromatic heterocycles. The molecule has 7 nitrogen and oxygen atoms in total. The minimum atomic E-state index is -1.82. The molecule has 1 aliphatic heterocycles. The fourth-order valence-corrected chi connectivity index (χ4v) is 6.68. The number of amides is 1. The van der Waals surface area contributed by atoms with Crippen LogP contribution in [0.4, 0.5) is 0 Å². The average molecular weight is 508 g/mol. The fourth-order valence-electron chi connectivity index (χ4n) is 6.68. The number of hydrogen-bond acceptors (Lipinski definition) is 6. The lowest BCUT2D eigenvalue weighted by molar-refractivity contribution is -0.166. The Bertz CT molecular complexity index is 1140. The number of ether oxygens (including phenoxy) is 1. The normalized spacial score (nSPS) is 41.6. The molecular weight excluding hydrogens is 470 g/mol. The molecular formula is C30H37NO6. The van der Waals surface area contributed by atoms with Gasteiger partial charge >= 0.3 is 5.97 Å². The molecule has 2 unspecified atom stereocenters. The van der Waals surface area contributed by atoms with Gasteiger partial charge in [-0.2, -0.15) is 0 Å². The molecule has 7 heteroatoms. The van der Waals surface area contributed by atoms with Gasteiger partial charge in [0.15, 0.2) is 5.78 Å². The van der Waals surface area contributed by atoms with Crippen molar-refractivity contribution in [3.05, 3.63) is 72.4 Å². The number of aliphatic hydroxyl groups is 2. The highest BCUT2D eigenvalue weighted by molar-refractivity contribution is 5.91. The van der Waals surface area contributed by atoms with Gasteiger partial charge in [0.2, 0.25) is 5.91 Å². The third-order valence-corrected chi connectivity index (χ3v) is 8.53. The van der Waals surface area contributed by atoms with E-state index >= 15 is 0 Å². The molecule has 198 valence electrons. The van der Waals surface area contributed by atoms with Crippen molar-refractivity contribution in [2.75, 3.05) is 0 Å². The molecule has 1 amide bonds. The minimum absolute atomic E-state index is 0.287. The van der Waals surface area contributed by atoms with Crippen LogP contribution in [0.1, 0.15) is 39.7 Å². The molecule has 3 aliphatic rings. The quantitative estimate of drug-likeness (QED) is 0.428. The summed E-state index contributed by atoms with van der Waals surface area (Å²) in [4.78, 5) is 39.5. The van der Waals surface area contributed by atoms with E-state index < -0.39 is 46.9 Å². The highest BCUT2D eigenvalue weighted by atomic mass is 16.5. The number of Topliss-reactive ketones (excluding diaryl/α,β-unsaturated/α-hetero) is 1. The number of aliphatic hydroxyl groups excluding tert-OH is 1. The first-order chi connectivity index (χ1) is 17.4. The Morgan fingerprint density at radius 1 is 1.19 bits per heavy atom. The van der Waals surface area contributed by atoms with Gasteiger partial charge in [-0.25, -0.2) is 0 Å². The average Bonchev–Trinajstić information content (AvgIpc) is 3.13. The second-order valence-corrected chi connectivity index (χ2v) is 11.0. The molecule has 2 fully saturated rings. The number of nitrogens with one attached hydrogen (secondary N) is 1. The van der Waals surface area contributed by atoms with E-state index in [1.807, 2.05) is 37.3 Å². The molecule has 3 N–H and O–H groups in total. The first kappa shape index (κ1) is 27.0. The molecule has 2 aliphatic carbocycles. The lowest BCUT2D eigenvalue weighted by atomic mass is 9.51. The Balaban J connectivity index is 1.94. The molecule has 0 radical (unpaired) electrons. The van der Waals surface area contributed by atoms with Crippen molar-refractivity contribution in [1.29, 1.82) is 0 Å². The first-order valence-electron chi connectivity index (χ1n) is 12.9. The third kappa shape index (κ3) is 4.59. The van der Waals surface area contributed by atoms with Gasteiger partial charge < -0.3 is 20.3 Å². The molecule has 1 spiro atoms. The Labute approximate surface area is 218 Å². The number of carbonyl (C=O) groups is 3. The van der Waals surface area contributed by atoms with Gasteiger partial charge in [0.05, 0.1) is 6.10 Å². The summed E-state index contributed by atoms with van der Waals surface area (Å²) in [6.45, 7) is 10.5. The number of carbonyl (C=O) groups excluding carboxylic acids is 3. The summed E-state index contributed by atoms with van der Waals surface area (Å²) in [5.74, 6) is -3.26. The number of rotatable bonds is 3. The summed E-state index contributed by atoms with van der Waals surface area (Å²) in [5.41, 5.74) is -1.55. The van der Waals surface area contributed by atoms with Crippen molar-refractivity contribution in [1.82, 2.24) is 5.32 Å². The molecule has 1 saturated carbocycles. The Morgan fingerprint density at radius 3 is 2.51 bits per heavy atom. The van der Waals surface area contributed by atoms with Crippen LogP contribution in [-0.2, 0) is 25.5 Å². The van der Waals surface area contributed by atoms with Crippen LogP contribution in [0, 0.1) is 29.1 Å². The van der Waals surface area contributed by atoms with Crippen molar-refractivity contribution >= 4 is 17.7 Å². The van der Waals surface area contributed by atoms with Crippen molar-refractivity contribution in [2.24, 2.45) is 29.1 Å². The number of ketones is 1. The number of benzene rings is 1. The van der Waals surface area contributed by atoms with E-state index in [0.717, 1.165) is 5.56 Å². The van der Waals surface area contributed by atoms with Gasteiger partial charge in [-0.05, 0) is 49.0 Å². The molecule has 0 bridgehead atoms. The van der Waals surface area contributed by atoms with Crippen LogP contribution in [-0.4, -0.2) is 51.7 Å². The van der Waals surface area contributed by atoms with Crippen LogP contribution in [0.25, 0.3) is 0 Å².